The van der Waals surface area contributed by atoms with Crippen molar-refractivity contribution in [3.63, 3.8) is 0 Å². The lowest BCUT2D eigenvalue weighted by Gasteiger charge is -2.23. The molecule has 6 nitrogen and oxygen atoms in total. The summed E-state index contributed by atoms with van der Waals surface area (Å²) in [5, 5.41) is 10.6. The minimum Gasteiger partial charge on any atom is -0.258 e. The van der Waals surface area contributed by atoms with Crippen LogP contribution in [0.2, 0.25) is 0 Å². The second-order valence-corrected chi connectivity index (χ2v) is 9.14. The molecule has 0 aliphatic carbocycles. The number of hydrogen-bond donors (Lipinski definition) is 0. The van der Waals surface area contributed by atoms with Gasteiger partial charge in [-0.1, -0.05) is 34.1 Å². The van der Waals surface area contributed by atoms with E-state index in [0.717, 1.165) is 16.1 Å². The van der Waals surface area contributed by atoms with Crippen LogP contribution in [-0.2, 0) is 10.0 Å². The Bertz CT molecular complexity index is 871. The molecule has 1 atom stereocenters. The molecule has 1 aliphatic rings. The van der Waals surface area contributed by atoms with Crippen LogP contribution in [0.5, 0.6) is 0 Å². The number of benzene rings is 2. The van der Waals surface area contributed by atoms with Crippen molar-refractivity contribution in [1.29, 1.82) is 0 Å². The zero-order valence-corrected chi connectivity index (χ0v) is 15.6. The molecule has 1 heterocycles. The number of non-ortho nitro benzene ring substituents is 1. The van der Waals surface area contributed by atoms with E-state index in [4.69, 9.17) is 0 Å². The Morgan fingerprint density at radius 1 is 1.21 bits per heavy atom. The molecule has 2 aromatic carbocycles. The van der Waals surface area contributed by atoms with Gasteiger partial charge in [-0.3, -0.25) is 10.1 Å². The summed E-state index contributed by atoms with van der Waals surface area (Å²) < 4.78 is 28.2. The van der Waals surface area contributed by atoms with Gasteiger partial charge in [0.2, 0.25) is 10.0 Å². The summed E-state index contributed by atoms with van der Waals surface area (Å²) in [7, 11) is -3.81. The predicted octanol–water partition coefficient (Wildman–Crippen LogP) is 3.79. The van der Waals surface area contributed by atoms with Crippen LogP contribution in [0.1, 0.15) is 10.9 Å². The zero-order valence-electron chi connectivity index (χ0n) is 12.3. The molecule has 1 fully saturated rings. The van der Waals surface area contributed by atoms with Crippen molar-refractivity contribution in [2.75, 3.05) is 12.3 Å². The number of halogens is 1. The second-order valence-electron chi connectivity index (χ2n) is 5.14. The Balaban J connectivity index is 1.97. The van der Waals surface area contributed by atoms with Crippen LogP contribution >= 0.6 is 27.7 Å². The van der Waals surface area contributed by atoms with Gasteiger partial charge >= 0.3 is 0 Å². The largest absolute Gasteiger partial charge is 0.270 e. The van der Waals surface area contributed by atoms with Crippen molar-refractivity contribution < 1.29 is 13.3 Å². The lowest BCUT2D eigenvalue weighted by molar-refractivity contribution is -0.385. The van der Waals surface area contributed by atoms with Gasteiger partial charge in [0.05, 0.1) is 15.2 Å². The van der Waals surface area contributed by atoms with E-state index in [1.54, 1.807) is 0 Å². The number of rotatable bonds is 4. The highest BCUT2D eigenvalue weighted by Crippen LogP contribution is 2.41. The van der Waals surface area contributed by atoms with Gasteiger partial charge in [0.25, 0.3) is 5.69 Å². The van der Waals surface area contributed by atoms with Crippen LogP contribution in [0.25, 0.3) is 0 Å². The topological polar surface area (TPSA) is 80.5 Å². The summed E-state index contributed by atoms with van der Waals surface area (Å²) >= 11 is 4.90. The molecule has 0 aromatic heterocycles. The highest BCUT2D eigenvalue weighted by Gasteiger charge is 2.37. The smallest absolute Gasteiger partial charge is 0.258 e. The molecule has 126 valence electrons. The normalized spacial score (nSPS) is 18.6. The maximum Gasteiger partial charge on any atom is 0.270 e. The quantitative estimate of drug-likeness (QED) is 0.546. The van der Waals surface area contributed by atoms with Crippen molar-refractivity contribution in [3.8, 4) is 0 Å². The van der Waals surface area contributed by atoms with Crippen LogP contribution in [-0.4, -0.2) is 29.9 Å². The molecule has 0 saturated carbocycles. The maximum absolute atomic E-state index is 12.9. The molecule has 0 unspecified atom stereocenters. The van der Waals surface area contributed by atoms with E-state index in [-0.39, 0.29) is 16.0 Å². The van der Waals surface area contributed by atoms with E-state index in [0.29, 0.717) is 12.3 Å². The number of nitro benzene ring substituents is 1. The minimum absolute atomic E-state index is 0.0543. The molecule has 9 heteroatoms. The van der Waals surface area contributed by atoms with Crippen molar-refractivity contribution in [2.24, 2.45) is 0 Å². The van der Waals surface area contributed by atoms with E-state index >= 15 is 0 Å². The SMILES string of the molecule is O=[N+]([O-])c1cccc(S(=O)(=O)N2CCS[C@H]2c2ccc(Br)cc2)c1. The summed E-state index contributed by atoms with van der Waals surface area (Å²) in [5.41, 5.74) is 0.651. The second kappa shape index (κ2) is 6.83. The van der Waals surface area contributed by atoms with E-state index in [1.807, 2.05) is 24.3 Å². The van der Waals surface area contributed by atoms with Gasteiger partial charge in [0.1, 0.15) is 0 Å². The molecule has 1 aliphatic heterocycles. The Kier molecular flexibility index (Phi) is 4.95. The third-order valence-corrected chi connectivity index (χ3v) is 7.42. The first-order valence-electron chi connectivity index (χ1n) is 7.03. The summed E-state index contributed by atoms with van der Waals surface area (Å²) in [6.45, 7) is 0.371. The average molecular weight is 429 g/mol. The van der Waals surface area contributed by atoms with E-state index in [1.165, 1.54) is 34.3 Å². The molecule has 1 saturated heterocycles. The highest BCUT2D eigenvalue weighted by molar-refractivity contribution is 9.10. The number of hydrogen-bond acceptors (Lipinski definition) is 5. The molecule has 0 N–H and O–H groups in total. The lowest BCUT2D eigenvalue weighted by Crippen LogP contribution is -2.30. The monoisotopic (exact) mass is 428 g/mol. The van der Waals surface area contributed by atoms with Gasteiger partial charge in [-0.2, -0.15) is 4.31 Å². The summed E-state index contributed by atoms with van der Waals surface area (Å²) in [4.78, 5) is 10.3. The van der Waals surface area contributed by atoms with Crippen molar-refractivity contribution in [2.45, 2.75) is 10.3 Å². The van der Waals surface area contributed by atoms with Gasteiger partial charge < -0.3 is 0 Å². The Morgan fingerprint density at radius 3 is 2.58 bits per heavy atom. The van der Waals surface area contributed by atoms with Gasteiger partial charge in [-0.15, -0.1) is 11.8 Å². The highest BCUT2D eigenvalue weighted by atomic mass is 79.9. The predicted molar refractivity (Wildman–Crippen MR) is 96.3 cm³/mol. The molecule has 0 bridgehead atoms. The molecule has 24 heavy (non-hydrogen) atoms. The first-order valence-corrected chi connectivity index (χ1v) is 10.3. The maximum atomic E-state index is 12.9. The fourth-order valence-electron chi connectivity index (χ4n) is 2.48. The molecule has 3 rings (SSSR count). The standard InChI is InChI=1S/C15H13BrN2O4S2/c16-12-6-4-11(5-7-12)15-17(8-9-23-15)24(21,22)14-3-1-2-13(10-14)18(19)20/h1-7,10,15H,8-9H2/t15-/m0/s1. The van der Waals surface area contributed by atoms with E-state index in [9.17, 15) is 18.5 Å². The van der Waals surface area contributed by atoms with Crippen LogP contribution in [0, 0.1) is 10.1 Å². The molecule has 0 radical (unpaired) electrons. The number of nitro groups is 1. The summed E-state index contributed by atoms with van der Waals surface area (Å²) in [5.74, 6) is 0.675. The van der Waals surface area contributed by atoms with Crippen molar-refractivity contribution >= 4 is 43.4 Å². The van der Waals surface area contributed by atoms with Crippen LogP contribution < -0.4 is 0 Å². The molecule has 0 spiro atoms. The fourth-order valence-corrected chi connectivity index (χ4v) is 6.03. The third-order valence-electron chi connectivity index (χ3n) is 3.64. The van der Waals surface area contributed by atoms with Crippen LogP contribution in [0.4, 0.5) is 5.69 Å². The average Bonchev–Trinajstić information content (AvgIpc) is 3.06. The van der Waals surface area contributed by atoms with Crippen molar-refractivity contribution in [1.82, 2.24) is 4.31 Å². The Hall–Kier alpha value is -1.42. The fraction of sp³-hybridized carbons (Fsp3) is 0.200. The Labute approximate surface area is 152 Å². The first-order chi connectivity index (χ1) is 11.4. The van der Waals surface area contributed by atoms with Gasteiger partial charge in [0.15, 0.2) is 0 Å². The number of thioether (sulfide) groups is 1. The van der Waals surface area contributed by atoms with Crippen LogP contribution in [0.15, 0.2) is 57.9 Å². The molecule has 0 amide bonds. The lowest BCUT2D eigenvalue weighted by atomic mass is 10.2. The van der Waals surface area contributed by atoms with E-state index in [2.05, 4.69) is 15.9 Å². The van der Waals surface area contributed by atoms with Crippen molar-refractivity contribution in [3.05, 3.63) is 68.7 Å². The number of nitrogens with zero attached hydrogens (tertiary/aromatic N) is 2. The van der Waals surface area contributed by atoms with Gasteiger partial charge in [0, 0.05) is 28.9 Å². The van der Waals surface area contributed by atoms with Gasteiger partial charge in [-0.25, -0.2) is 8.42 Å². The molecular formula is C15H13BrN2O4S2. The van der Waals surface area contributed by atoms with Crippen LogP contribution in [0.3, 0.4) is 0 Å². The third kappa shape index (κ3) is 3.34. The number of sulfonamides is 1. The minimum atomic E-state index is -3.81. The summed E-state index contributed by atoms with van der Waals surface area (Å²) in [6, 6.07) is 12.7. The van der Waals surface area contributed by atoms with E-state index < -0.39 is 14.9 Å². The molecular weight excluding hydrogens is 416 g/mol. The summed E-state index contributed by atoms with van der Waals surface area (Å²) in [6.07, 6.45) is 0. The molecule has 2 aromatic rings. The zero-order chi connectivity index (χ0) is 17.3. The Morgan fingerprint density at radius 2 is 1.92 bits per heavy atom. The van der Waals surface area contributed by atoms with Gasteiger partial charge in [-0.05, 0) is 23.8 Å². The first kappa shape index (κ1) is 17.4.